The molecule has 0 bridgehead atoms. The zero-order valence-corrected chi connectivity index (χ0v) is 12.1. The molecule has 3 heterocycles. The van der Waals surface area contributed by atoms with Crippen molar-refractivity contribution < 1.29 is 23.1 Å². The average molecular weight is 336 g/mol. The molecule has 6 nitrogen and oxygen atoms in total. The molecule has 1 amide bonds. The zero-order valence-electron chi connectivity index (χ0n) is 12.1. The smallest absolute Gasteiger partial charge is 0.362 e. The molecule has 1 aliphatic heterocycles. The molecule has 1 N–H and O–H groups in total. The van der Waals surface area contributed by atoms with Crippen LogP contribution in [0.15, 0.2) is 54.2 Å². The number of carbonyl (C=O) groups excluding carboxylic acids is 1. The lowest BCUT2D eigenvalue weighted by atomic mass is 10.0. The molecule has 0 unspecified atom stereocenters. The maximum absolute atomic E-state index is 13.4. The third-order valence-corrected chi connectivity index (χ3v) is 3.57. The highest BCUT2D eigenvalue weighted by atomic mass is 19.4. The van der Waals surface area contributed by atoms with E-state index in [1.165, 1.54) is 49.1 Å². The van der Waals surface area contributed by atoms with Crippen LogP contribution in [-0.2, 0) is 0 Å². The lowest BCUT2D eigenvalue weighted by Crippen LogP contribution is -2.56. The van der Waals surface area contributed by atoms with Crippen molar-refractivity contribution in [1.29, 1.82) is 0 Å². The van der Waals surface area contributed by atoms with Crippen molar-refractivity contribution in [3.05, 3.63) is 60.2 Å². The van der Waals surface area contributed by atoms with Crippen LogP contribution in [-0.4, -0.2) is 43.6 Å². The maximum atomic E-state index is 13.4. The molecule has 1 aliphatic rings. The van der Waals surface area contributed by atoms with Crippen molar-refractivity contribution >= 4 is 11.6 Å². The van der Waals surface area contributed by atoms with Crippen molar-refractivity contribution in [2.75, 3.05) is 0 Å². The van der Waals surface area contributed by atoms with Gasteiger partial charge in [0.25, 0.3) is 11.6 Å². The number of pyridine rings is 2. The van der Waals surface area contributed by atoms with E-state index in [4.69, 9.17) is 0 Å². The van der Waals surface area contributed by atoms with Crippen LogP contribution in [0.5, 0.6) is 0 Å². The lowest BCUT2D eigenvalue weighted by molar-refractivity contribution is -0.297. The summed E-state index contributed by atoms with van der Waals surface area (Å²) in [5.74, 6) is -1.07. The Balaban J connectivity index is 2.05. The van der Waals surface area contributed by atoms with Crippen molar-refractivity contribution in [3.8, 4) is 0 Å². The molecule has 0 spiro atoms. The number of aromatic nitrogens is 2. The van der Waals surface area contributed by atoms with E-state index < -0.39 is 24.2 Å². The Labute approximate surface area is 134 Å². The van der Waals surface area contributed by atoms with E-state index in [0.29, 0.717) is 5.56 Å². The van der Waals surface area contributed by atoms with Gasteiger partial charge in [0.05, 0.1) is 12.1 Å². The highest BCUT2D eigenvalue weighted by Gasteiger charge is 2.63. The van der Waals surface area contributed by atoms with Crippen LogP contribution < -0.4 is 0 Å². The number of hydrazone groups is 1. The first-order chi connectivity index (χ1) is 11.3. The first-order valence-electron chi connectivity index (χ1n) is 6.84. The lowest BCUT2D eigenvalue weighted by Gasteiger charge is -2.32. The van der Waals surface area contributed by atoms with Crippen molar-refractivity contribution in [1.82, 2.24) is 15.0 Å². The number of aliphatic hydroxyl groups is 1. The molecule has 0 aliphatic carbocycles. The minimum Gasteiger partial charge on any atom is -0.362 e. The van der Waals surface area contributed by atoms with Gasteiger partial charge in [0, 0.05) is 35.9 Å². The van der Waals surface area contributed by atoms with Crippen molar-refractivity contribution in [3.63, 3.8) is 0 Å². The molecule has 0 aromatic carbocycles. The van der Waals surface area contributed by atoms with Crippen LogP contribution in [0.1, 0.15) is 22.3 Å². The van der Waals surface area contributed by atoms with Gasteiger partial charge >= 0.3 is 6.18 Å². The minimum absolute atomic E-state index is 0.0559. The molecular formula is C15H11F3N4O2. The second-order valence-corrected chi connectivity index (χ2v) is 5.13. The molecule has 124 valence electrons. The predicted octanol–water partition coefficient (Wildman–Crippen LogP) is 1.98. The van der Waals surface area contributed by atoms with E-state index in [9.17, 15) is 23.1 Å². The van der Waals surface area contributed by atoms with Crippen LogP contribution in [0.25, 0.3) is 0 Å². The fraction of sp³-hybridized carbons (Fsp3) is 0.200. The highest BCUT2D eigenvalue weighted by Crippen LogP contribution is 2.41. The van der Waals surface area contributed by atoms with E-state index in [2.05, 4.69) is 15.1 Å². The molecule has 2 aromatic heterocycles. The Hall–Kier alpha value is -2.81. The van der Waals surface area contributed by atoms with Gasteiger partial charge in [-0.05, 0) is 24.3 Å². The summed E-state index contributed by atoms with van der Waals surface area (Å²) < 4.78 is 40.3. The summed E-state index contributed by atoms with van der Waals surface area (Å²) in [7, 11) is 0. The number of amides is 1. The van der Waals surface area contributed by atoms with Crippen molar-refractivity contribution in [2.24, 2.45) is 5.10 Å². The molecule has 0 radical (unpaired) electrons. The summed E-state index contributed by atoms with van der Waals surface area (Å²) in [6.45, 7) is 0. The van der Waals surface area contributed by atoms with Gasteiger partial charge in [-0.1, -0.05) is 0 Å². The average Bonchev–Trinajstić information content (AvgIpc) is 2.95. The molecule has 1 atom stereocenters. The summed E-state index contributed by atoms with van der Waals surface area (Å²) >= 11 is 0. The molecule has 24 heavy (non-hydrogen) atoms. The van der Waals surface area contributed by atoms with E-state index >= 15 is 0 Å². The fourth-order valence-corrected chi connectivity index (χ4v) is 2.30. The van der Waals surface area contributed by atoms with Gasteiger partial charge in [-0.15, -0.1) is 0 Å². The van der Waals surface area contributed by atoms with Gasteiger partial charge in [-0.25, -0.2) is 0 Å². The maximum Gasteiger partial charge on any atom is 0.438 e. The third-order valence-electron chi connectivity index (χ3n) is 3.57. The van der Waals surface area contributed by atoms with Gasteiger partial charge in [0.2, 0.25) is 0 Å². The van der Waals surface area contributed by atoms with E-state index in [-0.39, 0.29) is 16.3 Å². The number of nitrogens with zero attached hydrogens (tertiary/aromatic N) is 4. The quantitative estimate of drug-likeness (QED) is 0.909. The van der Waals surface area contributed by atoms with E-state index in [0.717, 1.165) is 0 Å². The highest BCUT2D eigenvalue weighted by molar-refractivity contribution is 6.05. The van der Waals surface area contributed by atoms with Crippen LogP contribution in [0.4, 0.5) is 13.2 Å². The first kappa shape index (κ1) is 16.1. The second kappa shape index (κ2) is 5.68. The standard InChI is InChI=1S/C15H11F3N4O2/c16-15(17,18)14(24)9-12(10-1-5-19-6-2-10)21-22(14)13(23)11-3-7-20-8-4-11/h1-8,24H,9H2/t14-/m1/s1. The topological polar surface area (TPSA) is 78.7 Å². The third kappa shape index (κ3) is 2.62. The first-order valence-corrected chi connectivity index (χ1v) is 6.84. The van der Waals surface area contributed by atoms with E-state index in [1.54, 1.807) is 0 Å². The number of alkyl halides is 3. The summed E-state index contributed by atoms with van der Waals surface area (Å²) in [4.78, 5) is 19.9. The SMILES string of the molecule is O=C(c1ccncc1)N1N=C(c2ccncc2)C[C@@]1(O)C(F)(F)F. The minimum atomic E-state index is -5.08. The molecule has 3 rings (SSSR count). The number of hydrogen-bond donors (Lipinski definition) is 1. The normalized spacial score (nSPS) is 20.8. The van der Waals surface area contributed by atoms with E-state index in [1.807, 2.05) is 0 Å². The molecule has 0 saturated carbocycles. The number of carbonyl (C=O) groups is 1. The summed E-state index contributed by atoms with van der Waals surface area (Å²) in [5.41, 5.74) is -3.18. The van der Waals surface area contributed by atoms with Crippen LogP contribution in [0, 0.1) is 0 Å². The zero-order chi connectivity index (χ0) is 17.4. The second-order valence-electron chi connectivity index (χ2n) is 5.13. The van der Waals surface area contributed by atoms with Gasteiger partial charge in [-0.3, -0.25) is 14.8 Å². The summed E-state index contributed by atoms with van der Waals surface area (Å²) in [6.07, 6.45) is -0.631. The number of rotatable bonds is 2. The molecule has 2 aromatic rings. The Bertz CT molecular complexity index is 780. The number of hydrogen-bond acceptors (Lipinski definition) is 5. The number of halogens is 3. The monoisotopic (exact) mass is 336 g/mol. The Kier molecular flexibility index (Phi) is 3.80. The summed E-state index contributed by atoms with van der Waals surface area (Å²) in [6, 6.07) is 5.41. The molecular weight excluding hydrogens is 325 g/mol. The summed E-state index contributed by atoms with van der Waals surface area (Å²) in [5, 5.41) is 14.0. The van der Waals surface area contributed by atoms with Crippen LogP contribution in [0.3, 0.4) is 0 Å². The van der Waals surface area contributed by atoms with Crippen molar-refractivity contribution in [2.45, 2.75) is 18.3 Å². The Morgan fingerprint density at radius 3 is 2.17 bits per heavy atom. The molecule has 9 heteroatoms. The largest absolute Gasteiger partial charge is 0.438 e. The van der Waals surface area contributed by atoms with Gasteiger partial charge in [0.1, 0.15) is 0 Å². The molecule has 0 fully saturated rings. The van der Waals surface area contributed by atoms with Crippen LogP contribution >= 0.6 is 0 Å². The van der Waals surface area contributed by atoms with Gasteiger partial charge in [-0.2, -0.15) is 23.3 Å². The predicted molar refractivity (Wildman–Crippen MR) is 76.8 cm³/mol. The van der Waals surface area contributed by atoms with Crippen LogP contribution in [0.2, 0.25) is 0 Å². The van der Waals surface area contributed by atoms with Gasteiger partial charge in [0.15, 0.2) is 0 Å². The Morgan fingerprint density at radius 2 is 1.62 bits per heavy atom. The Morgan fingerprint density at radius 1 is 1.08 bits per heavy atom. The molecule has 0 saturated heterocycles. The fourth-order valence-electron chi connectivity index (χ4n) is 2.30. The van der Waals surface area contributed by atoms with Gasteiger partial charge < -0.3 is 5.11 Å².